The molecule has 1 heterocycles. The molecule has 1 unspecified atom stereocenters. The molecule has 5 heteroatoms. The van der Waals surface area contributed by atoms with E-state index in [0.29, 0.717) is 12.5 Å². The zero-order chi connectivity index (χ0) is 15.3. The van der Waals surface area contributed by atoms with Crippen LogP contribution < -0.4 is 5.32 Å². The Morgan fingerprint density at radius 1 is 1.71 bits per heavy atom. The molecule has 1 aliphatic carbocycles. The van der Waals surface area contributed by atoms with Crippen molar-refractivity contribution in [1.29, 1.82) is 5.26 Å². The normalized spacial score (nSPS) is 17.0. The van der Waals surface area contributed by atoms with Gasteiger partial charge in [0.1, 0.15) is 5.54 Å². The summed E-state index contributed by atoms with van der Waals surface area (Å²) in [5.41, 5.74) is -0.722. The third-order valence-corrected chi connectivity index (χ3v) is 4.60. The second-order valence-corrected chi connectivity index (χ2v) is 6.71. The summed E-state index contributed by atoms with van der Waals surface area (Å²) >= 11 is 1.68. The molecule has 0 spiro atoms. The van der Waals surface area contributed by atoms with Gasteiger partial charge in [-0.15, -0.1) is 17.9 Å². The highest BCUT2D eigenvalue weighted by molar-refractivity contribution is 7.09. The van der Waals surface area contributed by atoms with Crippen molar-refractivity contribution < 1.29 is 4.79 Å². The van der Waals surface area contributed by atoms with Crippen LogP contribution in [0.1, 0.15) is 24.6 Å². The first kappa shape index (κ1) is 15.7. The van der Waals surface area contributed by atoms with Crippen molar-refractivity contribution in [2.45, 2.75) is 31.8 Å². The number of nitrogens with one attached hydrogen (secondary N) is 1. The highest BCUT2D eigenvalue weighted by Crippen LogP contribution is 2.39. The number of hydrogen-bond acceptors (Lipinski definition) is 4. The summed E-state index contributed by atoms with van der Waals surface area (Å²) in [6.07, 6.45) is 3.84. The second-order valence-electron chi connectivity index (χ2n) is 5.67. The van der Waals surface area contributed by atoms with Crippen LogP contribution in [0.15, 0.2) is 30.2 Å². The van der Waals surface area contributed by atoms with Gasteiger partial charge in [-0.05, 0) is 37.1 Å². The molecule has 1 fully saturated rings. The molecule has 0 radical (unpaired) electrons. The van der Waals surface area contributed by atoms with E-state index >= 15 is 0 Å². The zero-order valence-corrected chi connectivity index (χ0v) is 13.2. The highest BCUT2D eigenvalue weighted by atomic mass is 32.1. The quantitative estimate of drug-likeness (QED) is 0.751. The number of carbonyl (C=O) groups is 1. The molecule has 2 rings (SSSR count). The van der Waals surface area contributed by atoms with Crippen molar-refractivity contribution in [1.82, 2.24) is 10.2 Å². The molecule has 1 saturated carbocycles. The van der Waals surface area contributed by atoms with Crippen LogP contribution in [0.4, 0.5) is 0 Å². The molecule has 1 amide bonds. The molecule has 1 aliphatic rings. The lowest BCUT2D eigenvalue weighted by Gasteiger charge is -2.25. The largest absolute Gasteiger partial charge is 0.337 e. The topological polar surface area (TPSA) is 56.1 Å². The maximum absolute atomic E-state index is 12.2. The van der Waals surface area contributed by atoms with Gasteiger partial charge in [0.25, 0.3) is 0 Å². The van der Waals surface area contributed by atoms with Crippen LogP contribution in [-0.2, 0) is 11.3 Å². The molecule has 4 nitrogen and oxygen atoms in total. The molecule has 0 bridgehead atoms. The molecule has 1 aromatic heterocycles. The number of nitrogens with zero attached hydrogens (tertiary/aromatic N) is 2. The van der Waals surface area contributed by atoms with Gasteiger partial charge < -0.3 is 5.32 Å². The minimum absolute atomic E-state index is 0.0932. The van der Waals surface area contributed by atoms with Crippen LogP contribution in [0.2, 0.25) is 0 Å². The number of hydrogen-bond donors (Lipinski definition) is 1. The number of rotatable bonds is 8. The molecular weight excluding hydrogens is 282 g/mol. The van der Waals surface area contributed by atoms with Gasteiger partial charge in [0.05, 0.1) is 12.6 Å². The Labute approximate surface area is 130 Å². The predicted molar refractivity (Wildman–Crippen MR) is 84.7 cm³/mol. The van der Waals surface area contributed by atoms with Gasteiger partial charge in [0, 0.05) is 18.0 Å². The van der Waals surface area contributed by atoms with Gasteiger partial charge in [-0.25, -0.2) is 0 Å². The van der Waals surface area contributed by atoms with Crippen molar-refractivity contribution in [3.63, 3.8) is 0 Å². The van der Waals surface area contributed by atoms with Crippen LogP contribution in [0.25, 0.3) is 0 Å². The Morgan fingerprint density at radius 2 is 2.48 bits per heavy atom. The van der Waals surface area contributed by atoms with E-state index in [4.69, 9.17) is 0 Å². The Bertz CT molecular complexity index is 530. The van der Waals surface area contributed by atoms with E-state index in [1.807, 2.05) is 23.3 Å². The Balaban J connectivity index is 1.91. The summed E-state index contributed by atoms with van der Waals surface area (Å²) in [7, 11) is 0. The molecule has 112 valence electrons. The van der Waals surface area contributed by atoms with Gasteiger partial charge >= 0.3 is 0 Å². The molecule has 0 saturated heterocycles. The van der Waals surface area contributed by atoms with Crippen molar-refractivity contribution in [3.8, 4) is 6.07 Å². The van der Waals surface area contributed by atoms with Crippen molar-refractivity contribution in [2.75, 3.05) is 13.1 Å². The van der Waals surface area contributed by atoms with Crippen LogP contribution in [-0.4, -0.2) is 29.4 Å². The highest BCUT2D eigenvalue weighted by Gasteiger charge is 2.43. The van der Waals surface area contributed by atoms with Crippen molar-refractivity contribution in [3.05, 3.63) is 35.0 Å². The first-order valence-electron chi connectivity index (χ1n) is 7.15. The molecule has 21 heavy (non-hydrogen) atoms. The fraction of sp³-hybridized carbons (Fsp3) is 0.500. The SMILES string of the molecule is C=CCN(CC(=O)NC(C)(C#N)C1CC1)Cc1cccs1. The molecule has 1 N–H and O–H groups in total. The van der Waals surface area contributed by atoms with Gasteiger partial charge in [0.2, 0.25) is 5.91 Å². The van der Waals surface area contributed by atoms with Gasteiger partial charge in [0.15, 0.2) is 0 Å². The van der Waals surface area contributed by atoms with Gasteiger partial charge in [-0.2, -0.15) is 5.26 Å². The van der Waals surface area contributed by atoms with Crippen LogP contribution >= 0.6 is 11.3 Å². The first-order valence-corrected chi connectivity index (χ1v) is 8.03. The van der Waals surface area contributed by atoms with Gasteiger partial charge in [-0.3, -0.25) is 9.69 Å². The summed E-state index contributed by atoms with van der Waals surface area (Å²) < 4.78 is 0. The lowest BCUT2D eigenvalue weighted by molar-refractivity contribution is -0.123. The smallest absolute Gasteiger partial charge is 0.235 e. The molecular formula is C16H21N3OS. The average Bonchev–Trinajstić information content (AvgIpc) is 3.19. The Hall–Kier alpha value is -1.64. The van der Waals surface area contributed by atoms with E-state index in [1.165, 1.54) is 4.88 Å². The van der Waals surface area contributed by atoms with Crippen LogP contribution in [0.5, 0.6) is 0 Å². The third kappa shape index (κ3) is 4.42. The predicted octanol–water partition coefficient (Wildman–Crippen LogP) is 2.54. The number of thiophene rings is 1. The summed E-state index contributed by atoms with van der Waals surface area (Å²) in [5.74, 6) is 0.209. The Kier molecular flexibility index (Phi) is 5.16. The second kappa shape index (κ2) is 6.88. The monoisotopic (exact) mass is 303 g/mol. The third-order valence-electron chi connectivity index (χ3n) is 3.74. The number of nitriles is 1. The number of amides is 1. The molecule has 1 atom stereocenters. The molecule has 0 aromatic carbocycles. The van der Waals surface area contributed by atoms with Crippen LogP contribution in [0, 0.1) is 17.2 Å². The first-order chi connectivity index (χ1) is 10.1. The average molecular weight is 303 g/mol. The lowest BCUT2D eigenvalue weighted by atomic mass is 9.98. The minimum Gasteiger partial charge on any atom is -0.337 e. The lowest BCUT2D eigenvalue weighted by Crippen LogP contribution is -2.50. The molecule has 0 aliphatic heterocycles. The maximum atomic E-state index is 12.2. The minimum atomic E-state index is -0.722. The zero-order valence-electron chi connectivity index (χ0n) is 12.3. The van der Waals surface area contributed by atoms with Gasteiger partial charge in [-0.1, -0.05) is 12.1 Å². The van der Waals surface area contributed by atoms with E-state index in [2.05, 4.69) is 24.0 Å². The summed E-state index contributed by atoms with van der Waals surface area (Å²) in [5, 5.41) is 14.2. The van der Waals surface area contributed by atoms with E-state index in [0.717, 1.165) is 19.4 Å². The fourth-order valence-electron chi connectivity index (χ4n) is 2.40. The molecule has 1 aromatic rings. The summed E-state index contributed by atoms with van der Waals surface area (Å²) in [6.45, 7) is 7.23. The standard InChI is InChI=1S/C16H21N3OS/c1-3-8-19(10-14-5-4-9-21-14)11-15(20)18-16(2,12-17)13-6-7-13/h3-5,9,13H,1,6-8,10-11H2,2H3,(H,18,20). The summed E-state index contributed by atoms with van der Waals surface area (Å²) in [6, 6.07) is 6.32. The summed E-state index contributed by atoms with van der Waals surface area (Å²) in [4.78, 5) is 15.5. The van der Waals surface area contributed by atoms with E-state index in [-0.39, 0.29) is 12.5 Å². The maximum Gasteiger partial charge on any atom is 0.235 e. The van der Waals surface area contributed by atoms with Crippen molar-refractivity contribution >= 4 is 17.2 Å². The van der Waals surface area contributed by atoms with Crippen LogP contribution in [0.3, 0.4) is 0 Å². The number of carbonyl (C=O) groups excluding carboxylic acids is 1. The van der Waals surface area contributed by atoms with E-state index in [1.54, 1.807) is 17.4 Å². The van der Waals surface area contributed by atoms with E-state index in [9.17, 15) is 10.1 Å². The van der Waals surface area contributed by atoms with Crippen molar-refractivity contribution in [2.24, 2.45) is 5.92 Å². The fourth-order valence-corrected chi connectivity index (χ4v) is 3.15. The Morgan fingerprint density at radius 3 is 3.00 bits per heavy atom. The van der Waals surface area contributed by atoms with E-state index < -0.39 is 5.54 Å².